The number of amides is 1. The fraction of sp³-hybridized carbons (Fsp3) is 0.125. The van der Waals surface area contributed by atoms with Crippen LogP contribution in [0, 0.1) is 6.92 Å². The van der Waals surface area contributed by atoms with Crippen molar-refractivity contribution in [3.8, 4) is 5.75 Å². The summed E-state index contributed by atoms with van der Waals surface area (Å²) >= 11 is 6.12. The Balaban J connectivity index is 1.88. The molecule has 0 aliphatic rings. The number of carboxylic acids is 1. The van der Waals surface area contributed by atoms with Gasteiger partial charge in [0.05, 0.1) is 29.5 Å². The van der Waals surface area contributed by atoms with Crippen LogP contribution in [-0.2, 0) is 14.8 Å². The number of carboxylic acid groups (broad SMARTS) is 1. The molecular formula is C24H22ClN3O6S. The molecule has 0 aliphatic carbocycles. The lowest BCUT2D eigenvalue weighted by atomic mass is 10.1. The highest BCUT2D eigenvalue weighted by Crippen LogP contribution is 2.34. The highest BCUT2D eigenvalue weighted by molar-refractivity contribution is 7.92. The van der Waals surface area contributed by atoms with E-state index in [-0.39, 0.29) is 26.9 Å². The number of carbonyl (C=O) groups excluding carboxylic acids is 1. The van der Waals surface area contributed by atoms with E-state index in [1.807, 2.05) is 6.92 Å². The molecule has 0 fully saturated rings. The smallest absolute Gasteiger partial charge is 0.335 e. The van der Waals surface area contributed by atoms with E-state index in [9.17, 15) is 18.0 Å². The summed E-state index contributed by atoms with van der Waals surface area (Å²) in [5, 5.41) is 13.1. The van der Waals surface area contributed by atoms with E-state index in [4.69, 9.17) is 21.4 Å². The molecular weight excluding hydrogens is 494 g/mol. The Bertz CT molecular complexity index is 1360. The summed E-state index contributed by atoms with van der Waals surface area (Å²) in [5.41, 5.74) is 3.90. The molecule has 0 atom stereocenters. The largest absolute Gasteiger partial charge is 0.495 e. The first-order valence-corrected chi connectivity index (χ1v) is 12.0. The second-order valence-electron chi connectivity index (χ2n) is 7.36. The number of nitrogens with one attached hydrogen (secondary N) is 1. The number of aromatic carboxylic acids is 1. The Kier molecular flexibility index (Phi) is 8.10. The number of hydrogen-bond acceptors (Lipinski definition) is 6. The van der Waals surface area contributed by atoms with Crippen LogP contribution in [0.2, 0.25) is 5.02 Å². The average molecular weight is 516 g/mol. The van der Waals surface area contributed by atoms with Crippen molar-refractivity contribution in [3.63, 3.8) is 0 Å². The SMILES string of the molecule is COc1ccc(Cl)cc1N(CC(=O)N/N=C\c1ccc(C(=O)O)cc1)S(=O)(=O)c1ccc(C)cc1. The summed E-state index contributed by atoms with van der Waals surface area (Å²) in [6.07, 6.45) is 1.31. The Morgan fingerprint density at radius 3 is 2.34 bits per heavy atom. The standard InChI is InChI=1S/C24H22ClN3O6S/c1-16-3-10-20(11-4-16)35(32,33)28(21-13-19(25)9-12-22(21)34-2)15-23(29)27-26-14-17-5-7-18(8-6-17)24(30)31/h3-14H,15H2,1-2H3,(H,27,29)(H,30,31)/b26-14-. The van der Waals surface area contributed by atoms with Crippen LogP contribution >= 0.6 is 11.6 Å². The Labute approximate surface area is 207 Å². The molecule has 0 bridgehead atoms. The van der Waals surface area contributed by atoms with Gasteiger partial charge >= 0.3 is 5.97 Å². The zero-order chi connectivity index (χ0) is 25.6. The summed E-state index contributed by atoms with van der Waals surface area (Å²) in [6.45, 7) is 1.22. The van der Waals surface area contributed by atoms with Crippen molar-refractivity contribution in [2.75, 3.05) is 18.0 Å². The molecule has 3 rings (SSSR count). The normalized spacial score (nSPS) is 11.3. The Morgan fingerprint density at radius 2 is 1.74 bits per heavy atom. The van der Waals surface area contributed by atoms with Crippen molar-refractivity contribution < 1.29 is 27.9 Å². The average Bonchev–Trinajstić information content (AvgIpc) is 2.83. The number of sulfonamides is 1. The predicted octanol–water partition coefficient (Wildman–Crippen LogP) is 3.70. The molecule has 35 heavy (non-hydrogen) atoms. The third kappa shape index (κ3) is 6.37. The van der Waals surface area contributed by atoms with Crippen LogP contribution in [0.25, 0.3) is 0 Å². The van der Waals surface area contributed by atoms with Gasteiger partial charge in [-0.2, -0.15) is 5.10 Å². The highest BCUT2D eigenvalue weighted by atomic mass is 35.5. The zero-order valence-electron chi connectivity index (χ0n) is 18.8. The molecule has 182 valence electrons. The molecule has 0 radical (unpaired) electrons. The minimum atomic E-state index is -4.18. The summed E-state index contributed by atoms with van der Waals surface area (Å²) in [4.78, 5) is 23.6. The number of methoxy groups -OCH3 is 1. The molecule has 0 saturated heterocycles. The van der Waals surface area contributed by atoms with Crippen LogP contribution in [0.1, 0.15) is 21.5 Å². The molecule has 3 aromatic rings. The molecule has 0 aromatic heterocycles. The highest BCUT2D eigenvalue weighted by Gasteiger charge is 2.29. The molecule has 0 spiro atoms. The number of carbonyl (C=O) groups is 2. The maximum Gasteiger partial charge on any atom is 0.335 e. The lowest BCUT2D eigenvalue weighted by Crippen LogP contribution is -2.39. The number of nitrogens with zero attached hydrogens (tertiary/aromatic N) is 2. The van der Waals surface area contributed by atoms with Crippen LogP contribution in [0.5, 0.6) is 5.75 Å². The quantitative estimate of drug-likeness (QED) is 0.330. The minimum absolute atomic E-state index is 0.0139. The summed E-state index contributed by atoms with van der Waals surface area (Å²) in [5.74, 6) is -1.57. The van der Waals surface area contributed by atoms with E-state index in [1.54, 1.807) is 18.2 Å². The fourth-order valence-corrected chi connectivity index (χ4v) is 4.64. The van der Waals surface area contributed by atoms with Gasteiger partial charge in [0.1, 0.15) is 12.3 Å². The van der Waals surface area contributed by atoms with Gasteiger partial charge in [-0.15, -0.1) is 0 Å². The first kappa shape index (κ1) is 25.7. The topological polar surface area (TPSA) is 125 Å². The maximum absolute atomic E-state index is 13.5. The number of benzene rings is 3. The molecule has 2 N–H and O–H groups in total. The van der Waals surface area contributed by atoms with Gasteiger partial charge in [-0.25, -0.2) is 18.6 Å². The Hall–Kier alpha value is -3.89. The third-order valence-corrected chi connectivity index (χ3v) is 6.88. The van der Waals surface area contributed by atoms with E-state index in [0.717, 1.165) is 9.87 Å². The van der Waals surface area contributed by atoms with E-state index in [0.29, 0.717) is 5.56 Å². The van der Waals surface area contributed by atoms with E-state index < -0.39 is 28.4 Å². The van der Waals surface area contributed by atoms with Gasteiger partial charge in [0.25, 0.3) is 15.9 Å². The number of aryl methyl sites for hydroxylation is 1. The second kappa shape index (κ2) is 11.0. The molecule has 9 nitrogen and oxygen atoms in total. The lowest BCUT2D eigenvalue weighted by molar-refractivity contribution is -0.119. The molecule has 1 amide bonds. The van der Waals surface area contributed by atoms with Crippen molar-refractivity contribution in [1.29, 1.82) is 0 Å². The number of rotatable bonds is 9. The number of hydrazone groups is 1. The van der Waals surface area contributed by atoms with Gasteiger partial charge in [-0.3, -0.25) is 9.10 Å². The van der Waals surface area contributed by atoms with E-state index in [2.05, 4.69) is 10.5 Å². The van der Waals surface area contributed by atoms with Gasteiger partial charge in [0.15, 0.2) is 0 Å². The van der Waals surface area contributed by atoms with Crippen molar-refractivity contribution >= 4 is 45.4 Å². The Morgan fingerprint density at radius 1 is 1.09 bits per heavy atom. The van der Waals surface area contributed by atoms with Crippen LogP contribution in [0.4, 0.5) is 5.69 Å². The van der Waals surface area contributed by atoms with Crippen molar-refractivity contribution in [2.24, 2.45) is 5.10 Å². The first-order valence-electron chi connectivity index (χ1n) is 10.2. The van der Waals surface area contributed by atoms with Gasteiger partial charge < -0.3 is 9.84 Å². The predicted molar refractivity (Wildman–Crippen MR) is 133 cm³/mol. The number of halogens is 1. The van der Waals surface area contributed by atoms with E-state index in [1.165, 1.54) is 61.9 Å². The van der Waals surface area contributed by atoms with Crippen molar-refractivity contribution in [2.45, 2.75) is 11.8 Å². The number of hydrogen-bond donors (Lipinski definition) is 2. The van der Waals surface area contributed by atoms with Gasteiger partial charge in [0.2, 0.25) is 0 Å². The zero-order valence-corrected chi connectivity index (χ0v) is 20.4. The van der Waals surface area contributed by atoms with Gasteiger partial charge in [0, 0.05) is 5.02 Å². The van der Waals surface area contributed by atoms with Gasteiger partial charge in [-0.05, 0) is 55.0 Å². The van der Waals surface area contributed by atoms with Crippen LogP contribution in [0.3, 0.4) is 0 Å². The van der Waals surface area contributed by atoms with Crippen LogP contribution < -0.4 is 14.5 Å². The summed E-state index contributed by atoms with van der Waals surface area (Å²) < 4.78 is 33.2. The third-order valence-electron chi connectivity index (χ3n) is 4.87. The van der Waals surface area contributed by atoms with Crippen LogP contribution in [0.15, 0.2) is 76.7 Å². The lowest BCUT2D eigenvalue weighted by Gasteiger charge is -2.25. The van der Waals surface area contributed by atoms with Crippen molar-refractivity contribution in [1.82, 2.24) is 5.43 Å². The fourth-order valence-electron chi connectivity index (χ4n) is 3.05. The summed E-state index contributed by atoms with van der Waals surface area (Å²) in [7, 11) is -2.80. The molecule has 0 unspecified atom stereocenters. The van der Waals surface area contributed by atoms with Gasteiger partial charge in [-0.1, -0.05) is 41.4 Å². The number of ether oxygens (including phenoxy) is 1. The summed E-state index contributed by atoms with van der Waals surface area (Å²) in [6, 6.07) is 16.5. The van der Waals surface area contributed by atoms with E-state index >= 15 is 0 Å². The number of anilines is 1. The molecule has 0 aliphatic heterocycles. The second-order valence-corrected chi connectivity index (χ2v) is 9.66. The monoisotopic (exact) mass is 515 g/mol. The molecule has 11 heteroatoms. The van der Waals surface area contributed by atoms with Crippen LogP contribution in [-0.4, -0.2) is 45.3 Å². The molecule has 3 aromatic carbocycles. The first-order chi connectivity index (χ1) is 16.6. The van der Waals surface area contributed by atoms with Crippen molar-refractivity contribution in [3.05, 3.63) is 88.4 Å². The molecule has 0 heterocycles. The minimum Gasteiger partial charge on any atom is -0.495 e. The molecule has 0 saturated carbocycles. The maximum atomic E-state index is 13.5.